The molecule has 10 heteroatoms. The van der Waals surface area contributed by atoms with Crippen LogP contribution < -0.4 is 15.4 Å². The number of carbonyl (C=O) groups excluding carboxylic acids is 2. The van der Waals surface area contributed by atoms with E-state index in [1.54, 1.807) is 39.0 Å². The van der Waals surface area contributed by atoms with Gasteiger partial charge in [0.25, 0.3) is 5.91 Å². The molecule has 2 aromatic rings. The van der Waals surface area contributed by atoms with Crippen molar-refractivity contribution in [3.8, 4) is 11.8 Å². The number of hydrogen-bond acceptors (Lipinski definition) is 7. The number of aromatic nitrogens is 2. The van der Waals surface area contributed by atoms with Gasteiger partial charge in [0.2, 0.25) is 0 Å². The Hall–Kier alpha value is -3.38. The summed E-state index contributed by atoms with van der Waals surface area (Å²) in [5, 5.41) is 15.1. The van der Waals surface area contributed by atoms with Crippen molar-refractivity contribution < 1.29 is 19.1 Å². The minimum Gasteiger partial charge on any atom is -0.489 e. The Kier molecular flexibility index (Phi) is 7.51. The standard InChI is InChI=1S/C26H32ClN5O4/c1-24(2,3)36-23(34)31-14-19-29-12-16(13-30-19)20(33)32-21-25(4,5)22(26(21,6)7)35-17-9-8-15(11-28)18(27)10-17/h8-10,12-13,21-22H,14H2,1-7H3,(H,31,34)(H,32,33). The second kappa shape index (κ2) is 9.94. The monoisotopic (exact) mass is 513 g/mol. The molecule has 0 aliphatic heterocycles. The predicted octanol–water partition coefficient (Wildman–Crippen LogP) is 4.64. The normalized spacial score (nSPS) is 19.9. The van der Waals surface area contributed by atoms with Crippen molar-refractivity contribution in [2.75, 3.05) is 0 Å². The zero-order valence-corrected chi connectivity index (χ0v) is 22.4. The number of nitrogens with zero attached hydrogens (tertiary/aromatic N) is 3. The van der Waals surface area contributed by atoms with Crippen LogP contribution in [0.5, 0.6) is 5.75 Å². The summed E-state index contributed by atoms with van der Waals surface area (Å²) >= 11 is 6.16. The molecule has 1 aliphatic carbocycles. The van der Waals surface area contributed by atoms with Crippen LogP contribution in [0.15, 0.2) is 30.6 Å². The summed E-state index contributed by atoms with van der Waals surface area (Å²) in [5.41, 5.74) is -0.689. The van der Waals surface area contributed by atoms with E-state index in [2.05, 4.69) is 20.6 Å². The summed E-state index contributed by atoms with van der Waals surface area (Å²) in [5.74, 6) is 0.628. The first-order chi connectivity index (χ1) is 16.6. The third-order valence-electron chi connectivity index (χ3n) is 6.19. The van der Waals surface area contributed by atoms with E-state index in [0.717, 1.165) is 0 Å². The van der Waals surface area contributed by atoms with Gasteiger partial charge >= 0.3 is 6.09 Å². The van der Waals surface area contributed by atoms with Crippen molar-refractivity contribution >= 4 is 23.6 Å². The maximum atomic E-state index is 13.0. The average molecular weight is 514 g/mol. The highest BCUT2D eigenvalue weighted by Gasteiger charge is 2.64. The number of halogens is 1. The molecular formula is C26H32ClN5O4. The Labute approximate surface area is 216 Å². The molecule has 36 heavy (non-hydrogen) atoms. The van der Waals surface area contributed by atoms with Crippen LogP contribution in [0.2, 0.25) is 5.02 Å². The predicted molar refractivity (Wildman–Crippen MR) is 135 cm³/mol. The lowest BCUT2D eigenvalue weighted by molar-refractivity contribution is -0.164. The number of alkyl carbamates (subject to hydrolysis) is 1. The van der Waals surface area contributed by atoms with Crippen molar-refractivity contribution in [3.63, 3.8) is 0 Å². The number of ether oxygens (including phenoxy) is 2. The summed E-state index contributed by atoms with van der Waals surface area (Å²) in [4.78, 5) is 33.1. The molecule has 2 amide bonds. The lowest BCUT2D eigenvalue weighted by Crippen LogP contribution is -2.74. The fourth-order valence-electron chi connectivity index (χ4n) is 4.84. The highest BCUT2D eigenvalue weighted by Crippen LogP contribution is 2.55. The van der Waals surface area contributed by atoms with E-state index in [-0.39, 0.29) is 24.6 Å². The SMILES string of the molecule is CC(C)(C)OC(=O)NCc1ncc(C(=O)NC2C(C)(C)C(Oc3ccc(C#N)c(Cl)c3)C2(C)C)cn1. The molecule has 1 aromatic carbocycles. The molecule has 0 bridgehead atoms. The largest absolute Gasteiger partial charge is 0.489 e. The van der Waals surface area contributed by atoms with Gasteiger partial charge < -0.3 is 20.1 Å². The highest BCUT2D eigenvalue weighted by molar-refractivity contribution is 6.31. The number of amides is 2. The molecule has 0 saturated heterocycles. The average Bonchev–Trinajstić information content (AvgIpc) is 2.78. The lowest BCUT2D eigenvalue weighted by atomic mass is 9.49. The number of rotatable bonds is 6. The topological polar surface area (TPSA) is 126 Å². The van der Waals surface area contributed by atoms with Crippen molar-refractivity contribution in [1.82, 2.24) is 20.6 Å². The minimum atomic E-state index is -0.602. The van der Waals surface area contributed by atoms with E-state index in [1.165, 1.54) is 12.4 Å². The Morgan fingerprint density at radius 2 is 1.75 bits per heavy atom. The lowest BCUT2D eigenvalue weighted by Gasteiger charge is -2.63. The molecule has 3 rings (SSSR count). The Morgan fingerprint density at radius 3 is 2.28 bits per heavy atom. The van der Waals surface area contributed by atoms with Crippen LogP contribution in [-0.2, 0) is 11.3 Å². The summed E-state index contributed by atoms with van der Waals surface area (Å²) in [6.07, 6.45) is 2.08. The van der Waals surface area contributed by atoms with Crippen molar-refractivity contribution in [2.45, 2.75) is 72.8 Å². The fourth-order valence-corrected chi connectivity index (χ4v) is 5.05. The summed E-state index contributed by atoms with van der Waals surface area (Å²) in [6.45, 7) is 13.5. The molecule has 1 saturated carbocycles. The number of nitriles is 1. The first-order valence-corrected chi connectivity index (χ1v) is 12.0. The van der Waals surface area contributed by atoms with Crippen molar-refractivity contribution in [3.05, 3.63) is 52.6 Å². The number of hydrogen-bond donors (Lipinski definition) is 2. The van der Waals surface area contributed by atoms with Crippen LogP contribution in [0.3, 0.4) is 0 Å². The van der Waals surface area contributed by atoms with Crippen molar-refractivity contribution in [2.24, 2.45) is 10.8 Å². The third-order valence-corrected chi connectivity index (χ3v) is 6.50. The Balaban J connectivity index is 1.62. The Bertz CT molecular complexity index is 1170. The second-order valence-electron chi connectivity index (χ2n) is 11.0. The van der Waals surface area contributed by atoms with Gasteiger partial charge in [0.15, 0.2) is 0 Å². The van der Waals surface area contributed by atoms with Crippen LogP contribution in [0.25, 0.3) is 0 Å². The van der Waals surface area contributed by atoms with Gasteiger partial charge in [0.05, 0.1) is 22.7 Å². The zero-order chi connectivity index (χ0) is 26.9. The molecule has 9 nitrogen and oxygen atoms in total. The van der Waals surface area contributed by atoms with Gasteiger partial charge in [-0.25, -0.2) is 14.8 Å². The van der Waals surface area contributed by atoms with Gasteiger partial charge in [-0.15, -0.1) is 0 Å². The molecule has 1 aromatic heterocycles. The first-order valence-electron chi connectivity index (χ1n) is 11.6. The summed E-state index contributed by atoms with van der Waals surface area (Å²) < 4.78 is 11.4. The Morgan fingerprint density at radius 1 is 1.14 bits per heavy atom. The summed E-state index contributed by atoms with van der Waals surface area (Å²) in [7, 11) is 0. The van der Waals surface area contributed by atoms with E-state index >= 15 is 0 Å². The van der Waals surface area contributed by atoms with Crippen LogP contribution in [0.4, 0.5) is 4.79 Å². The maximum absolute atomic E-state index is 13.0. The van der Waals surface area contributed by atoms with Gasteiger partial charge in [-0.1, -0.05) is 39.3 Å². The van der Waals surface area contributed by atoms with Crippen LogP contribution in [0, 0.1) is 22.2 Å². The third kappa shape index (κ3) is 5.88. The van der Waals surface area contributed by atoms with Crippen molar-refractivity contribution in [1.29, 1.82) is 5.26 Å². The summed E-state index contributed by atoms with van der Waals surface area (Å²) in [6, 6.07) is 6.83. The smallest absolute Gasteiger partial charge is 0.408 e. The molecular weight excluding hydrogens is 482 g/mol. The van der Waals surface area contributed by atoms with Crippen LogP contribution >= 0.6 is 11.6 Å². The minimum absolute atomic E-state index is 0.0812. The molecule has 192 valence electrons. The molecule has 0 radical (unpaired) electrons. The zero-order valence-electron chi connectivity index (χ0n) is 21.6. The molecule has 1 fully saturated rings. The van der Waals surface area contributed by atoms with Gasteiger partial charge in [-0.2, -0.15) is 5.26 Å². The van der Waals surface area contributed by atoms with Gasteiger partial charge in [-0.05, 0) is 32.9 Å². The molecule has 0 spiro atoms. The van der Waals surface area contributed by atoms with E-state index in [0.29, 0.717) is 27.7 Å². The molecule has 2 N–H and O–H groups in total. The fraction of sp³-hybridized carbons (Fsp3) is 0.500. The van der Waals surface area contributed by atoms with Gasteiger partial charge in [-0.3, -0.25) is 4.79 Å². The molecule has 0 unspecified atom stereocenters. The van der Waals surface area contributed by atoms with Gasteiger partial charge in [0.1, 0.15) is 29.3 Å². The number of benzene rings is 1. The number of carbonyl (C=O) groups is 2. The van der Waals surface area contributed by atoms with Crippen LogP contribution in [0.1, 0.15) is 70.2 Å². The van der Waals surface area contributed by atoms with E-state index in [9.17, 15) is 9.59 Å². The quantitative estimate of drug-likeness (QED) is 0.576. The highest BCUT2D eigenvalue weighted by atomic mass is 35.5. The molecule has 1 aliphatic rings. The van der Waals surface area contributed by atoms with E-state index < -0.39 is 22.5 Å². The molecule has 0 atom stereocenters. The second-order valence-corrected chi connectivity index (χ2v) is 11.5. The van der Waals surface area contributed by atoms with E-state index in [4.69, 9.17) is 26.3 Å². The van der Waals surface area contributed by atoms with E-state index in [1.807, 2.05) is 33.8 Å². The maximum Gasteiger partial charge on any atom is 0.408 e. The van der Waals surface area contributed by atoms with Gasteiger partial charge in [0, 0.05) is 35.3 Å². The number of nitrogens with one attached hydrogen (secondary N) is 2. The van der Waals surface area contributed by atoms with Crippen LogP contribution in [-0.4, -0.2) is 39.7 Å². The first kappa shape index (κ1) is 27.2. The molecule has 1 heterocycles.